The van der Waals surface area contributed by atoms with Crippen molar-refractivity contribution in [3.63, 3.8) is 0 Å². The molecule has 0 radical (unpaired) electrons. The summed E-state index contributed by atoms with van der Waals surface area (Å²) in [6.07, 6.45) is 9.77. The highest BCUT2D eigenvalue weighted by molar-refractivity contribution is 5.99. The molecular weight excluding hydrogens is 400 g/mol. The fourth-order valence-electron chi connectivity index (χ4n) is 4.51. The van der Waals surface area contributed by atoms with Crippen molar-refractivity contribution >= 4 is 33.7 Å². The SMILES string of the molecule is CCCCC(CCN)C(c1ccc(NC(C)=O)cc1)n1cnc2cnc3cccnc3c21. The first-order chi connectivity index (χ1) is 15.6. The zero-order chi connectivity index (χ0) is 22.5. The van der Waals surface area contributed by atoms with Crippen LogP contribution >= 0.6 is 0 Å². The van der Waals surface area contributed by atoms with Crippen molar-refractivity contribution in [2.75, 3.05) is 11.9 Å². The minimum Gasteiger partial charge on any atom is -0.330 e. The van der Waals surface area contributed by atoms with Crippen LogP contribution in [-0.4, -0.2) is 32.0 Å². The van der Waals surface area contributed by atoms with Gasteiger partial charge in [0.05, 0.1) is 29.6 Å². The molecule has 0 bridgehead atoms. The number of anilines is 1. The van der Waals surface area contributed by atoms with Crippen LogP contribution in [0.25, 0.3) is 22.1 Å². The molecule has 0 spiro atoms. The van der Waals surface area contributed by atoms with Crippen LogP contribution in [-0.2, 0) is 4.79 Å². The average Bonchev–Trinajstić information content (AvgIpc) is 3.23. The van der Waals surface area contributed by atoms with Crippen LogP contribution in [0.3, 0.4) is 0 Å². The van der Waals surface area contributed by atoms with Crippen LogP contribution in [0.4, 0.5) is 5.69 Å². The summed E-state index contributed by atoms with van der Waals surface area (Å²) in [6.45, 7) is 4.36. The van der Waals surface area contributed by atoms with Crippen molar-refractivity contribution in [3.05, 3.63) is 60.7 Å². The monoisotopic (exact) mass is 430 g/mol. The van der Waals surface area contributed by atoms with Crippen molar-refractivity contribution in [2.45, 2.75) is 45.6 Å². The number of fused-ring (bicyclic) bond motifs is 3. The lowest BCUT2D eigenvalue weighted by molar-refractivity contribution is -0.114. The number of rotatable bonds is 9. The summed E-state index contributed by atoms with van der Waals surface area (Å²) in [5, 5.41) is 2.85. The van der Waals surface area contributed by atoms with Crippen LogP contribution in [0.2, 0.25) is 0 Å². The average molecular weight is 431 g/mol. The quantitative estimate of drug-likeness (QED) is 0.402. The lowest BCUT2D eigenvalue weighted by Crippen LogP contribution is -2.23. The summed E-state index contributed by atoms with van der Waals surface area (Å²) in [5.74, 6) is 0.264. The van der Waals surface area contributed by atoms with E-state index in [0.717, 1.165) is 59.0 Å². The van der Waals surface area contributed by atoms with E-state index in [2.05, 4.69) is 43.9 Å². The summed E-state index contributed by atoms with van der Waals surface area (Å²) < 4.78 is 2.25. The number of imidazole rings is 1. The maximum atomic E-state index is 11.5. The van der Waals surface area contributed by atoms with Gasteiger partial charge in [-0.3, -0.25) is 14.8 Å². The number of carbonyl (C=O) groups is 1. The van der Waals surface area contributed by atoms with Gasteiger partial charge in [-0.25, -0.2) is 4.98 Å². The topological polar surface area (TPSA) is 98.7 Å². The second-order valence-corrected chi connectivity index (χ2v) is 8.24. The first-order valence-electron chi connectivity index (χ1n) is 11.3. The molecule has 4 rings (SSSR count). The number of nitrogens with two attached hydrogens (primary N) is 1. The highest BCUT2D eigenvalue weighted by Crippen LogP contribution is 2.36. The Morgan fingerprint density at radius 1 is 1.09 bits per heavy atom. The largest absolute Gasteiger partial charge is 0.330 e. The summed E-state index contributed by atoms with van der Waals surface area (Å²) >= 11 is 0. The molecule has 166 valence electrons. The van der Waals surface area contributed by atoms with E-state index in [1.165, 1.54) is 6.92 Å². The Kier molecular flexibility index (Phi) is 6.75. The highest BCUT2D eigenvalue weighted by atomic mass is 16.1. The van der Waals surface area contributed by atoms with E-state index in [1.807, 2.05) is 36.8 Å². The number of nitrogens with one attached hydrogen (secondary N) is 1. The molecule has 3 N–H and O–H groups in total. The standard InChI is InChI=1S/C25H30N6O/c1-3-4-6-18(12-13-26)24(19-8-10-20(11-9-19)30-17(2)32)31-16-29-22-15-28-21-7-5-14-27-23(21)25(22)31/h5,7-11,14-16,18,24H,3-4,6,12-13,26H2,1-2H3,(H,30,32). The van der Waals surface area contributed by atoms with Gasteiger partial charge < -0.3 is 15.6 Å². The zero-order valence-corrected chi connectivity index (χ0v) is 18.7. The first-order valence-corrected chi connectivity index (χ1v) is 11.3. The molecule has 0 saturated carbocycles. The zero-order valence-electron chi connectivity index (χ0n) is 18.7. The molecular formula is C25H30N6O. The van der Waals surface area contributed by atoms with Gasteiger partial charge in [0.25, 0.3) is 0 Å². The van der Waals surface area contributed by atoms with Crippen molar-refractivity contribution in [1.29, 1.82) is 0 Å². The molecule has 32 heavy (non-hydrogen) atoms. The van der Waals surface area contributed by atoms with Crippen molar-refractivity contribution in [2.24, 2.45) is 11.7 Å². The molecule has 0 aliphatic rings. The van der Waals surface area contributed by atoms with Crippen LogP contribution in [0.1, 0.15) is 51.1 Å². The maximum absolute atomic E-state index is 11.5. The molecule has 3 aromatic heterocycles. The number of hydrogen-bond acceptors (Lipinski definition) is 5. The molecule has 7 nitrogen and oxygen atoms in total. The Balaban J connectivity index is 1.87. The molecule has 0 aliphatic carbocycles. The fraction of sp³-hybridized carbons (Fsp3) is 0.360. The van der Waals surface area contributed by atoms with Gasteiger partial charge in [0.1, 0.15) is 11.0 Å². The number of benzene rings is 1. The Labute approximate surface area is 188 Å². The smallest absolute Gasteiger partial charge is 0.221 e. The van der Waals surface area contributed by atoms with Gasteiger partial charge in [-0.05, 0) is 55.1 Å². The molecule has 0 saturated heterocycles. The number of hydrogen-bond donors (Lipinski definition) is 2. The summed E-state index contributed by atoms with van der Waals surface area (Å²) in [4.78, 5) is 25.3. The number of aromatic nitrogens is 4. The maximum Gasteiger partial charge on any atom is 0.221 e. The molecule has 3 heterocycles. The van der Waals surface area contributed by atoms with Crippen molar-refractivity contribution in [1.82, 2.24) is 19.5 Å². The third kappa shape index (κ3) is 4.48. The molecule has 0 aliphatic heterocycles. The summed E-state index contributed by atoms with van der Waals surface area (Å²) in [5.41, 5.74) is 11.5. The Bertz CT molecular complexity index is 1200. The lowest BCUT2D eigenvalue weighted by Gasteiger charge is -2.29. The Morgan fingerprint density at radius 2 is 1.91 bits per heavy atom. The second kappa shape index (κ2) is 9.87. The van der Waals surface area contributed by atoms with Gasteiger partial charge in [-0.1, -0.05) is 31.9 Å². The molecule has 1 aromatic carbocycles. The van der Waals surface area contributed by atoms with Gasteiger partial charge >= 0.3 is 0 Å². The van der Waals surface area contributed by atoms with Crippen LogP contribution in [0, 0.1) is 5.92 Å². The van der Waals surface area contributed by atoms with Crippen LogP contribution in [0.15, 0.2) is 55.1 Å². The molecule has 4 aromatic rings. The van der Waals surface area contributed by atoms with Gasteiger partial charge in [-0.15, -0.1) is 0 Å². The lowest BCUT2D eigenvalue weighted by atomic mass is 9.86. The van der Waals surface area contributed by atoms with Gasteiger partial charge in [0.2, 0.25) is 5.91 Å². The summed E-state index contributed by atoms with van der Waals surface area (Å²) in [7, 11) is 0. The predicted molar refractivity (Wildman–Crippen MR) is 128 cm³/mol. The van der Waals surface area contributed by atoms with E-state index < -0.39 is 0 Å². The number of nitrogens with zero attached hydrogens (tertiary/aromatic N) is 4. The third-order valence-corrected chi connectivity index (χ3v) is 5.94. The minimum absolute atomic E-state index is 0.0501. The second-order valence-electron chi connectivity index (χ2n) is 8.24. The van der Waals surface area contributed by atoms with E-state index in [-0.39, 0.29) is 11.9 Å². The number of carbonyl (C=O) groups excluding carboxylic acids is 1. The number of unbranched alkanes of at least 4 members (excludes halogenated alkanes) is 1. The molecule has 7 heteroatoms. The van der Waals surface area contributed by atoms with Crippen molar-refractivity contribution < 1.29 is 4.79 Å². The molecule has 1 amide bonds. The normalized spacial score (nSPS) is 13.3. The highest BCUT2D eigenvalue weighted by Gasteiger charge is 2.27. The van der Waals surface area contributed by atoms with Gasteiger partial charge in [0.15, 0.2) is 0 Å². The van der Waals surface area contributed by atoms with E-state index in [9.17, 15) is 4.79 Å². The number of amides is 1. The van der Waals surface area contributed by atoms with E-state index in [4.69, 9.17) is 5.73 Å². The number of pyridine rings is 2. The predicted octanol–water partition coefficient (Wildman–Crippen LogP) is 4.68. The Hall–Kier alpha value is -3.32. The fourth-order valence-corrected chi connectivity index (χ4v) is 4.51. The Morgan fingerprint density at radius 3 is 2.62 bits per heavy atom. The van der Waals surface area contributed by atoms with Gasteiger partial charge in [-0.2, -0.15) is 0 Å². The van der Waals surface area contributed by atoms with Gasteiger partial charge in [0, 0.05) is 18.8 Å². The molecule has 0 fully saturated rings. The van der Waals surface area contributed by atoms with E-state index >= 15 is 0 Å². The molecule has 2 unspecified atom stereocenters. The third-order valence-electron chi connectivity index (χ3n) is 5.94. The minimum atomic E-state index is -0.0797. The van der Waals surface area contributed by atoms with E-state index in [1.54, 1.807) is 6.20 Å². The van der Waals surface area contributed by atoms with E-state index in [0.29, 0.717) is 12.5 Å². The van der Waals surface area contributed by atoms with Crippen molar-refractivity contribution in [3.8, 4) is 0 Å². The molecule has 2 atom stereocenters. The van der Waals surface area contributed by atoms with Crippen LogP contribution < -0.4 is 11.1 Å². The first kappa shape index (κ1) is 21.9. The van der Waals surface area contributed by atoms with Crippen LogP contribution in [0.5, 0.6) is 0 Å². The summed E-state index contributed by atoms with van der Waals surface area (Å²) in [6, 6.07) is 12.0.